The third kappa shape index (κ3) is 3.32. The number of rotatable bonds is 6. The quantitative estimate of drug-likeness (QED) is 0.447. The number of hydrogen-bond donors (Lipinski definition) is 0. The Labute approximate surface area is 175 Å². The zero-order valence-corrected chi connectivity index (χ0v) is 17.8. The van der Waals surface area contributed by atoms with Gasteiger partial charge < -0.3 is 0 Å². The summed E-state index contributed by atoms with van der Waals surface area (Å²) in [6.45, 7) is 7.88. The van der Waals surface area contributed by atoms with Crippen LogP contribution in [0.3, 0.4) is 0 Å². The maximum absolute atomic E-state index is 13.4. The van der Waals surface area contributed by atoms with Gasteiger partial charge in [0.1, 0.15) is 0 Å². The molecule has 0 spiro atoms. The molecule has 4 rings (SSSR count). The third-order valence-corrected chi connectivity index (χ3v) is 5.75. The van der Waals surface area contributed by atoms with Crippen molar-refractivity contribution in [1.82, 2.24) is 19.2 Å². The van der Waals surface area contributed by atoms with Crippen LogP contribution in [-0.4, -0.2) is 24.9 Å². The summed E-state index contributed by atoms with van der Waals surface area (Å²) < 4.78 is 2.88. The van der Waals surface area contributed by atoms with E-state index in [0.717, 1.165) is 35.8 Å². The van der Waals surface area contributed by atoms with Gasteiger partial charge in [0.2, 0.25) is 0 Å². The van der Waals surface area contributed by atoms with Gasteiger partial charge in [-0.05, 0) is 56.5 Å². The Morgan fingerprint density at radius 3 is 2.60 bits per heavy atom. The van der Waals surface area contributed by atoms with E-state index in [4.69, 9.17) is 0 Å². The summed E-state index contributed by atoms with van der Waals surface area (Å²) in [6.07, 6.45) is 2.72. The number of aromatic nitrogens is 4. The Bertz CT molecular complexity index is 1320. The molecule has 0 aliphatic rings. The van der Waals surface area contributed by atoms with E-state index in [1.54, 1.807) is 6.92 Å². The molecule has 154 valence electrons. The fourth-order valence-electron chi connectivity index (χ4n) is 3.81. The zero-order chi connectivity index (χ0) is 21.4. The van der Waals surface area contributed by atoms with Crippen LogP contribution in [0, 0.1) is 13.8 Å². The molecule has 0 unspecified atom stereocenters. The van der Waals surface area contributed by atoms with Crippen LogP contribution in [0.15, 0.2) is 47.3 Å². The number of carbonyl (C=O) groups excluding carboxylic acids is 1. The number of ketones is 1. The molecule has 0 fully saturated rings. The van der Waals surface area contributed by atoms with Crippen molar-refractivity contribution in [3.63, 3.8) is 0 Å². The van der Waals surface area contributed by atoms with Crippen LogP contribution in [-0.2, 0) is 6.42 Å². The van der Waals surface area contributed by atoms with Crippen LogP contribution in [0.25, 0.3) is 16.6 Å². The van der Waals surface area contributed by atoms with Crippen LogP contribution >= 0.6 is 0 Å². The predicted molar refractivity (Wildman–Crippen MR) is 118 cm³/mol. The van der Waals surface area contributed by atoms with Gasteiger partial charge in [0.25, 0.3) is 0 Å². The topological polar surface area (TPSA) is 69.3 Å². The molecule has 0 N–H and O–H groups in total. The number of Topliss-reactive ketones (excluding diaryl/α,β-unsaturated/α-hetero) is 1. The van der Waals surface area contributed by atoms with Gasteiger partial charge in [-0.15, -0.1) is 5.10 Å². The van der Waals surface area contributed by atoms with Gasteiger partial charge in [-0.3, -0.25) is 9.36 Å². The van der Waals surface area contributed by atoms with E-state index in [1.165, 1.54) is 9.08 Å². The molecule has 0 bridgehead atoms. The van der Waals surface area contributed by atoms with Crippen molar-refractivity contribution in [3.8, 4) is 0 Å². The second kappa shape index (κ2) is 7.86. The second-order valence-corrected chi connectivity index (χ2v) is 7.88. The first-order chi connectivity index (χ1) is 14.4. The summed E-state index contributed by atoms with van der Waals surface area (Å²) in [5, 5.41) is 5.27. The highest BCUT2D eigenvalue weighted by atomic mass is 16.2. The minimum Gasteiger partial charge on any atom is -0.292 e. The van der Waals surface area contributed by atoms with Crippen LogP contribution in [0.1, 0.15) is 60.0 Å². The highest BCUT2D eigenvalue weighted by molar-refractivity contribution is 6.00. The van der Waals surface area contributed by atoms with Crippen molar-refractivity contribution in [2.24, 2.45) is 0 Å². The molecule has 0 radical (unpaired) electrons. The molecule has 0 aliphatic heterocycles. The summed E-state index contributed by atoms with van der Waals surface area (Å²) in [5.74, 6) is 0.556. The molecule has 0 saturated heterocycles. The third-order valence-electron chi connectivity index (χ3n) is 5.75. The van der Waals surface area contributed by atoms with Gasteiger partial charge >= 0.3 is 5.69 Å². The molecule has 6 heteroatoms. The average Bonchev–Trinajstić information content (AvgIpc) is 3.18. The molecule has 6 nitrogen and oxygen atoms in total. The van der Waals surface area contributed by atoms with E-state index >= 15 is 0 Å². The lowest BCUT2D eigenvalue weighted by Gasteiger charge is -2.17. The fraction of sp³-hybridized carbons (Fsp3) is 0.333. The maximum atomic E-state index is 13.4. The Morgan fingerprint density at radius 1 is 1.10 bits per heavy atom. The first-order valence-corrected chi connectivity index (χ1v) is 10.4. The summed E-state index contributed by atoms with van der Waals surface area (Å²) in [5.41, 5.74) is 3.67. The molecule has 0 aliphatic carbocycles. The van der Waals surface area contributed by atoms with Crippen molar-refractivity contribution in [1.29, 1.82) is 0 Å². The Hall–Kier alpha value is -3.28. The summed E-state index contributed by atoms with van der Waals surface area (Å²) >= 11 is 0. The Kier molecular flexibility index (Phi) is 5.24. The molecule has 2 aromatic heterocycles. The molecule has 1 atom stereocenters. The second-order valence-electron chi connectivity index (χ2n) is 7.88. The van der Waals surface area contributed by atoms with Gasteiger partial charge in [0.05, 0.1) is 11.6 Å². The number of carbonyl (C=O) groups is 1. The van der Waals surface area contributed by atoms with Crippen LogP contribution in [0.2, 0.25) is 0 Å². The van der Waals surface area contributed by atoms with Crippen molar-refractivity contribution >= 4 is 22.3 Å². The number of nitrogens with zero attached hydrogens (tertiary/aromatic N) is 4. The van der Waals surface area contributed by atoms with Gasteiger partial charge in [-0.2, -0.15) is 4.52 Å². The molecule has 30 heavy (non-hydrogen) atoms. The lowest BCUT2D eigenvalue weighted by molar-refractivity contribution is 0.0934. The molecule has 0 saturated carbocycles. The Balaban J connectivity index is 1.90. The fourth-order valence-corrected chi connectivity index (χ4v) is 3.81. The molecule has 2 aromatic carbocycles. The Morgan fingerprint density at radius 2 is 1.87 bits per heavy atom. The average molecular weight is 402 g/mol. The van der Waals surface area contributed by atoms with Gasteiger partial charge in [-0.1, -0.05) is 37.6 Å². The summed E-state index contributed by atoms with van der Waals surface area (Å²) in [6, 6.07) is 12.6. The van der Waals surface area contributed by atoms with Crippen molar-refractivity contribution in [3.05, 3.63) is 75.5 Å². The molecule has 4 aromatic rings. The SMILES string of the molecule is CCCCc1nc2c3ccccc3n([C@H](C)C(=O)c3ccc(C)c(C)c3)c(=O)n2n1. The van der Waals surface area contributed by atoms with E-state index in [9.17, 15) is 9.59 Å². The number of unbranched alkanes of at least 4 members (excludes halogenated alkanes) is 1. The van der Waals surface area contributed by atoms with Gasteiger partial charge in [-0.25, -0.2) is 9.78 Å². The first kappa shape index (κ1) is 20.0. The highest BCUT2D eigenvalue weighted by Gasteiger charge is 2.23. The molecule has 0 amide bonds. The molecule has 2 heterocycles. The lowest BCUT2D eigenvalue weighted by Crippen LogP contribution is -2.33. The van der Waals surface area contributed by atoms with Crippen molar-refractivity contribution < 1.29 is 4.79 Å². The van der Waals surface area contributed by atoms with Crippen LogP contribution < -0.4 is 5.69 Å². The predicted octanol–water partition coefficient (Wildman–Crippen LogP) is 4.45. The standard InChI is InChI=1S/C24H26N4O2/c1-5-6-11-21-25-23-19-9-7-8-10-20(19)27(24(30)28(23)26-21)17(4)22(29)18-13-12-15(2)16(3)14-18/h7-10,12-14,17H,5-6,11H2,1-4H3/t17-/m1/s1. The summed E-state index contributed by atoms with van der Waals surface area (Å²) in [7, 11) is 0. The maximum Gasteiger partial charge on any atom is 0.351 e. The van der Waals surface area contributed by atoms with E-state index in [1.807, 2.05) is 56.3 Å². The van der Waals surface area contributed by atoms with Crippen LogP contribution in [0.4, 0.5) is 0 Å². The van der Waals surface area contributed by atoms with E-state index in [-0.39, 0.29) is 11.5 Å². The monoisotopic (exact) mass is 402 g/mol. The van der Waals surface area contributed by atoms with Crippen molar-refractivity contribution in [2.75, 3.05) is 0 Å². The number of benzene rings is 2. The minimum atomic E-state index is -0.669. The van der Waals surface area contributed by atoms with Gasteiger partial charge in [0, 0.05) is 17.4 Å². The number of para-hydroxylation sites is 1. The minimum absolute atomic E-state index is 0.101. The van der Waals surface area contributed by atoms with Crippen molar-refractivity contribution in [2.45, 2.75) is 53.0 Å². The number of fused-ring (bicyclic) bond motifs is 3. The lowest BCUT2D eigenvalue weighted by atomic mass is 10.00. The van der Waals surface area contributed by atoms with Crippen LogP contribution in [0.5, 0.6) is 0 Å². The first-order valence-electron chi connectivity index (χ1n) is 10.4. The largest absolute Gasteiger partial charge is 0.351 e. The zero-order valence-electron chi connectivity index (χ0n) is 17.8. The smallest absolute Gasteiger partial charge is 0.292 e. The molecular weight excluding hydrogens is 376 g/mol. The molecular formula is C24H26N4O2. The summed E-state index contributed by atoms with van der Waals surface area (Å²) in [4.78, 5) is 31.3. The van der Waals surface area contributed by atoms with E-state index in [0.29, 0.717) is 22.6 Å². The highest BCUT2D eigenvalue weighted by Crippen LogP contribution is 2.23. The van der Waals surface area contributed by atoms with E-state index < -0.39 is 6.04 Å². The number of aryl methyl sites for hydroxylation is 3. The normalized spacial score (nSPS) is 12.5. The van der Waals surface area contributed by atoms with E-state index in [2.05, 4.69) is 17.0 Å². The van der Waals surface area contributed by atoms with Gasteiger partial charge in [0.15, 0.2) is 17.3 Å². The number of hydrogen-bond acceptors (Lipinski definition) is 4.